The third-order valence-electron chi connectivity index (χ3n) is 3.05. The van der Waals surface area contributed by atoms with Crippen LogP contribution in [-0.2, 0) is 16.6 Å². The van der Waals surface area contributed by atoms with Gasteiger partial charge in [0.15, 0.2) is 0 Å². The first kappa shape index (κ1) is 12.8. The second kappa shape index (κ2) is 4.69. The third kappa shape index (κ3) is 2.56. The van der Waals surface area contributed by atoms with Gasteiger partial charge >= 0.3 is 0 Å². The Balaban J connectivity index is 1.71. The Labute approximate surface area is 114 Å². The Morgan fingerprint density at radius 1 is 1.47 bits per heavy atom. The van der Waals surface area contributed by atoms with E-state index in [-0.39, 0.29) is 17.4 Å². The molecule has 1 saturated carbocycles. The summed E-state index contributed by atoms with van der Waals surface area (Å²) < 4.78 is 27.8. The first-order chi connectivity index (χ1) is 9.08. The number of hydrogen-bond donors (Lipinski definition) is 1. The van der Waals surface area contributed by atoms with Crippen molar-refractivity contribution in [2.75, 3.05) is 6.54 Å². The van der Waals surface area contributed by atoms with Crippen molar-refractivity contribution in [3.8, 4) is 0 Å². The predicted molar refractivity (Wildman–Crippen MR) is 73.8 cm³/mol. The highest BCUT2D eigenvalue weighted by molar-refractivity contribution is 7.90. The normalized spacial score (nSPS) is 16.0. The molecule has 0 aromatic carbocycles. The van der Waals surface area contributed by atoms with Gasteiger partial charge in [0.05, 0.1) is 17.1 Å². The van der Waals surface area contributed by atoms with Gasteiger partial charge in [-0.15, -0.1) is 11.3 Å². The molecule has 2 heterocycles. The molecule has 0 radical (unpaired) electrons. The molecule has 0 saturated heterocycles. The Kier molecular flexibility index (Phi) is 3.15. The van der Waals surface area contributed by atoms with E-state index in [4.69, 9.17) is 0 Å². The van der Waals surface area contributed by atoms with Crippen LogP contribution >= 0.6 is 11.3 Å². The summed E-state index contributed by atoms with van der Waals surface area (Å²) in [5.74, 6) is 0. The SMILES string of the molecule is O=c1c2sccc2ncn1CCNS(=O)(=O)C1CC1. The molecule has 0 amide bonds. The van der Waals surface area contributed by atoms with Gasteiger partial charge in [-0.3, -0.25) is 9.36 Å². The first-order valence-electron chi connectivity index (χ1n) is 5.99. The lowest BCUT2D eigenvalue weighted by Crippen LogP contribution is -2.32. The third-order valence-corrected chi connectivity index (χ3v) is 5.90. The zero-order chi connectivity index (χ0) is 13.5. The minimum atomic E-state index is -3.18. The number of nitrogens with zero attached hydrogens (tertiary/aromatic N) is 2. The van der Waals surface area contributed by atoms with E-state index in [1.807, 2.05) is 5.38 Å². The van der Waals surface area contributed by atoms with Gasteiger partial charge in [-0.2, -0.15) is 0 Å². The van der Waals surface area contributed by atoms with Crippen LogP contribution in [0.25, 0.3) is 10.2 Å². The number of aromatic nitrogens is 2. The van der Waals surface area contributed by atoms with Crippen LogP contribution in [0, 0.1) is 0 Å². The fourth-order valence-electron chi connectivity index (χ4n) is 1.84. The van der Waals surface area contributed by atoms with E-state index in [0.29, 0.717) is 16.8 Å². The molecule has 0 atom stereocenters. The molecule has 8 heteroatoms. The molecule has 19 heavy (non-hydrogen) atoms. The van der Waals surface area contributed by atoms with Crippen molar-refractivity contribution >= 4 is 31.6 Å². The summed E-state index contributed by atoms with van der Waals surface area (Å²) in [5.41, 5.74) is 0.565. The lowest BCUT2D eigenvalue weighted by atomic mass is 10.4. The number of nitrogens with one attached hydrogen (secondary N) is 1. The molecule has 1 fully saturated rings. The van der Waals surface area contributed by atoms with Crippen molar-refractivity contribution in [2.24, 2.45) is 0 Å². The number of sulfonamides is 1. The van der Waals surface area contributed by atoms with Gasteiger partial charge < -0.3 is 0 Å². The molecule has 3 rings (SSSR count). The fraction of sp³-hybridized carbons (Fsp3) is 0.455. The summed E-state index contributed by atoms with van der Waals surface area (Å²) in [4.78, 5) is 16.2. The van der Waals surface area contributed by atoms with Crippen LogP contribution in [0.4, 0.5) is 0 Å². The van der Waals surface area contributed by atoms with Crippen molar-refractivity contribution in [1.82, 2.24) is 14.3 Å². The predicted octanol–water partition coefficient (Wildman–Crippen LogP) is 0.540. The monoisotopic (exact) mass is 299 g/mol. The van der Waals surface area contributed by atoms with E-state index in [0.717, 1.165) is 12.8 Å². The molecule has 6 nitrogen and oxygen atoms in total. The standard InChI is InChI=1S/C11H13N3O3S2/c15-11-10-9(3-6-18-10)12-7-14(11)5-4-13-19(16,17)8-1-2-8/h3,6-8,13H,1-2,4-5H2. The summed E-state index contributed by atoms with van der Waals surface area (Å²) in [5, 5.41) is 1.58. The molecular weight excluding hydrogens is 286 g/mol. The molecule has 1 aliphatic carbocycles. The zero-order valence-electron chi connectivity index (χ0n) is 10.1. The van der Waals surface area contributed by atoms with Crippen LogP contribution in [0.1, 0.15) is 12.8 Å². The molecule has 0 unspecified atom stereocenters. The van der Waals surface area contributed by atoms with Gasteiger partial charge in [0, 0.05) is 13.1 Å². The quantitative estimate of drug-likeness (QED) is 0.873. The second-order valence-corrected chi connectivity index (χ2v) is 7.48. The minimum absolute atomic E-state index is 0.120. The van der Waals surface area contributed by atoms with Gasteiger partial charge in [-0.05, 0) is 24.3 Å². The average molecular weight is 299 g/mol. The molecular formula is C11H13N3O3S2. The van der Waals surface area contributed by atoms with Crippen molar-refractivity contribution in [3.63, 3.8) is 0 Å². The summed E-state index contributed by atoms with van der Waals surface area (Å²) in [7, 11) is -3.18. The maximum Gasteiger partial charge on any atom is 0.271 e. The number of fused-ring (bicyclic) bond motifs is 1. The Hall–Kier alpha value is -1.25. The number of rotatable bonds is 5. The van der Waals surface area contributed by atoms with Gasteiger partial charge in [0.25, 0.3) is 5.56 Å². The van der Waals surface area contributed by atoms with Crippen LogP contribution < -0.4 is 10.3 Å². The second-order valence-electron chi connectivity index (χ2n) is 4.52. The van der Waals surface area contributed by atoms with Crippen LogP contribution in [0.3, 0.4) is 0 Å². The smallest absolute Gasteiger partial charge is 0.271 e. The van der Waals surface area contributed by atoms with Crippen molar-refractivity contribution in [2.45, 2.75) is 24.6 Å². The van der Waals surface area contributed by atoms with Crippen molar-refractivity contribution < 1.29 is 8.42 Å². The van der Waals surface area contributed by atoms with Crippen LogP contribution in [0.5, 0.6) is 0 Å². The highest BCUT2D eigenvalue weighted by atomic mass is 32.2. The van der Waals surface area contributed by atoms with E-state index >= 15 is 0 Å². The van der Waals surface area contributed by atoms with Gasteiger partial charge in [0.1, 0.15) is 4.70 Å². The Bertz CT molecular complexity index is 759. The zero-order valence-corrected chi connectivity index (χ0v) is 11.7. The van der Waals surface area contributed by atoms with Gasteiger partial charge in [0.2, 0.25) is 10.0 Å². The van der Waals surface area contributed by atoms with Gasteiger partial charge in [-0.1, -0.05) is 0 Å². The summed E-state index contributed by atoms with van der Waals surface area (Å²) >= 11 is 1.35. The Morgan fingerprint density at radius 3 is 3.00 bits per heavy atom. The largest absolute Gasteiger partial charge is 0.297 e. The van der Waals surface area contributed by atoms with E-state index in [9.17, 15) is 13.2 Å². The molecule has 0 spiro atoms. The maximum atomic E-state index is 12.0. The van der Waals surface area contributed by atoms with E-state index < -0.39 is 10.0 Å². The van der Waals surface area contributed by atoms with Crippen molar-refractivity contribution in [1.29, 1.82) is 0 Å². The highest BCUT2D eigenvalue weighted by Crippen LogP contribution is 2.27. The topological polar surface area (TPSA) is 81.1 Å². The van der Waals surface area contributed by atoms with Crippen LogP contribution in [0.15, 0.2) is 22.6 Å². The molecule has 2 aromatic rings. The minimum Gasteiger partial charge on any atom is -0.297 e. The maximum absolute atomic E-state index is 12.0. The van der Waals surface area contributed by atoms with Crippen molar-refractivity contribution in [3.05, 3.63) is 28.1 Å². The lowest BCUT2D eigenvalue weighted by molar-refractivity contribution is 0.568. The fourth-order valence-corrected chi connectivity index (χ4v) is 4.00. The number of hydrogen-bond acceptors (Lipinski definition) is 5. The van der Waals surface area contributed by atoms with Crippen LogP contribution in [0.2, 0.25) is 0 Å². The van der Waals surface area contributed by atoms with E-state index in [1.165, 1.54) is 22.2 Å². The molecule has 0 bridgehead atoms. The average Bonchev–Trinajstić information content (AvgIpc) is 3.12. The molecule has 0 aliphatic heterocycles. The van der Waals surface area contributed by atoms with E-state index in [1.54, 1.807) is 6.07 Å². The molecule has 1 N–H and O–H groups in total. The number of thiophene rings is 1. The lowest BCUT2D eigenvalue weighted by Gasteiger charge is -2.07. The summed E-state index contributed by atoms with van der Waals surface area (Å²) in [6.45, 7) is 0.517. The summed E-state index contributed by atoms with van der Waals surface area (Å²) in [6.07, 6.45) is 2.93. The van der Waals surface area contributed by atoms with E-state index in [2.05, 4.69) is 9.71 Å². The Morgan fingerprint density at radius 2 is 2.26 bits per heavy atom. The molecule has 1 aliphatic rings. The van der Waals surface area contributed by atoms with Gasteiger partial charge in [-0.25, -0.2) is 18.1 Å². The molecule has 2 aromatic heterocycles. The first-order valence-corrected chi connectivity index (χ1v) is 8.41. The highest BCUT2D eigenvalue weighted by Gasteiger charge is 2.35. The molecule has 102 valence electrons. The van der Waals surface area contributed by atoms with Crippen LogP contribution in [-0.4, -0.2) is 29.8 Å². The summed E-state index contributed by atoms with van der Waals surface area (Å²) in [6, 6.07) is 1.79.